The highest BCUT2D eigenvalue weighted by Crippen LogP contribution is 2.44. The predicted molar refractivity (Wildman–Crippen MR) is 146 cm³/mol. The minimum atomic E-state index is -0.356. The van der Waals surface area contributed by atoms with Gasteiger partial charge in [0.15, 0.2) is 11.4 Å². The Labute approximate surface area is 220 Å². The molecule has 0 saturated carbocycles. The maximum Gasteiger partial charge on any atom is 0.281 e. The number of nitrogens with zero attached hydrogens (tertiary/aromatic N) is 5. The highest BCUT2D eigenvalue weighted by atomic mass is 32.1. The fraction of sp³-hybridized carbons (Fsp3) is 0.308. The second-order valence-corrected chi connectivity index (χ2v) is 11.3. The molecule has 6 rings (SSSR count). The molecule has 2 amide bonds. The number of rotatable bonds is 8. The summed E-state index contributed by atoms with van der Waals surface area (Å²) in [6.07, 6.45) is 4.06. The maximum atomic E-state index is 13.5. The first-order valence-electron chi connectivity index (χ1n) is 12.1. The van der Waals surface area contributed by atoms with Gasteiger partial charge in [-0.2, -0.15) is 8.75 Å². The number of unbranched alkanes of at least 4 members (excludes halogenated alkanes) is 1. The van der Waals surface area contributed by atoms with Gasteiger partial charge in [-0.15, -0.1) is 22.7 Å². The summed E-state index contributed by atoms with van der Waals surface area (Å²) in [7, 11) is 0. The molecule has 1 aliphatic rings. The van der Waals surface area contributed by atoms with E-state index in [0.717, 1.165) is 69.3 Å². The normalized spacial score (nSPS) is 14.3. The van der Waals surface area contributed by atoms with Crippen LogP contribution in [0.5, 0.6) is 0 Å². The molecule has 1 unspecified atom stereocenters. The van der Waals surface area contributed by atoms with Crippen LogP contribution in [0.3, 0.4) is 0 Å². The van der Waals surface area contributed by atoms with Crippen LogP contribution in [0.15, 0.2) is 35.0 Å². The minimum Gasteiger partial charge on any atom is -0.271 e. The largest absolute Gasteiger partial charge is 0.281 e. The smallest absolute Gasteiger partial charge is 0.271 e. The van der Waals surface area contributed by atoms with E-state index in [1.807, 2.05) is 35.0 Å². The SMILES string of the molecule is CCCCC(CC)CN1C(=O)c2nc3c(-c4cccs4)c4nsnc4c(-c4cccs4)c3nc2C1=O. The Kier molecular flexibility index (Phi) is 6.10. The topological polar surface area (TPSA) is 88.9 Å². The monoisotopic (exact) mass is 533 g/mol. The fourth-order valence-electron chi connectivity index (χ4n) is 4.82. The molecule has 5 aromatic rings. The van der Waals surface area contributed by atoms with Crippen molar-refractivity contribution in [1.29, 1.82) is 0 Å². The maximum absolute atomic E-state index is 13.5. The van der Waals surface area contributed by atoms with E-state index in [4.69, 9.17) is 9.97 Å². The lowest BCUT2D eigenvalue weighted by Crippen LogP contribution is -2.34. The van der Waals surface area contributed by atoms with Crippen LogP contribution in [0.25, 0.3) is 42.9 Å². The highest BCUT2D eigenvalue weighted by molar-refractivity contribution is 7.14. The van der Waals surface area contributed by atoms with Crippen LogP contribution in [-0.2, 0) is 0 Å². The molecule has 1 aromatic carbocycles. The Bertz CT molecular complexity index is 1480. The number of fused-ring (bicyclic) bond motifs is 3. The van der Waals surface area contributed by atoms with E-state index in [1.165, 1.54) is 4.90 Å². The second kappa shape index (κ2) is 9.42. The summed E-state index contributed by atoms with van der Waals surface area (Å²) in [6, 6.07) is 7.97. The van der Waals surface area contributed by atoms with Crippen molar-refractivity contribution >= 4 is 68.3 Å². The molecule has 0 bridgehead atoms. The zero-order valence-electron chi connectivity index (χ0n) is 19.9. The van der Waals surface area contributed by atoms with Gasteiger partial charge in [0.2, 0.25) is 0 Å². The lowest BCUT2D eigenvalue weighted by molar-refractivity contribution is 0.0620. The van der Waals surface area contributed by atoms with Crippen LogP contribution < -0.4 is 0 Å². The quantitative estimate of drug-likeness (QED) is 0.202. The number of imide groups is 1. The average Bonchev–Trinajstić information content (AvgIpc) is 3.70. The van der Waals surface area contributed by atoms with Gasteiger partial charge in [0, 0.05) is 27.4 Å². The molecule has 1 aliphatic heterocycles. The molecular weight excluding hydrogens is 511 g/mol. The first-order chi connectivity index (χ1) is 17.6. The van der Waals surface area contributed by atoms with E-state index in [9.17, 15) is 9.59 Å². The van der Waals surface area contributed by atoms with Crippen molar-refractivity contribution < 1.29 is 9.59 Å². The summed E-state index contributed by atoms with van der Waals surface area (Å²) in [4.78, 5) is 40.0. The van der Waals surface area contributed by atoms with Crippen molar-refractivity contribution in [2.45, 2.75) is 39.5 Å². The molecule has 36 heavy (non-hydrogen) atoms. The number of thiophene rings is 2. The summed E-state index contributed by atoms with van der Waals surface area (Å²) in [5, 5.41) is 4.00. The number of aromatic nitrogens is 4. The summed E-state index contributed by atoms with van der Waals surface area (Å²) in [6.45, 7) is 4.66. The van der Waals surface area contributed by atoms with Crippen molar-refractivity contribution in [1.82, 2.24) is 23.6 Å². The zero-order chi connectivity index (χ0) is 24.8. The number of benzene rings is 1. The van der Waals surface area contributed by atoms with Crippen LogP contribution in [0.2, 0.25) is 0 Å². The second-order valence-electron chi connectivity index (χ2n) is 8.92. The van der Waals surface area contributed by atoms with Crippen molar-refractivity contribution in [3.8, 4) is 20.9 Å². The number of carbonyl (C=O) groups excluding carboxylic acids is 2. The van der Waals surface area contributed by atoms with E-state index in [2.05, 4.69) is 22.6 Å². The van der Waals surface area contributed by atoms with Crippen LogP contribution in [0.4, 0.5) is 0 Å². The van der Waals surface area contributed by atoms with Crippen molar-refractivity contribution in [3.63, 3.8) is 0 Å². The Morgan fingerprint density at radius 2 is 1.39 bits per heavy atom. The van der Waals surface area contributed by atoms with E-state index in [0.29, 0.717) is 17.6 Å². The van der Waals surface area contributed by atoms with Gasteiger partial charge in [-0.3, -0.25) is 14.5 Å². The van der Waals surface area contributed by atoms with Gasteiger partial charge in [-0.05, 0) is 35.2 Å². The summed E-state index contributed by atoms with van der Waals surface area (Å²) >= 11 is 4.30. The molecule has 4 aromatic heterocycles. The number of hydrogen-bond acceptors (Lipinski definition) is 9. The third-order valence-electron chi connectivity index (χ3n) is 6.75. The van der Waals surface area contributed by atoms with Crippen LogP contribution >= 0.6 is 34.4 Å². The molecule has 0 radical (unpaired) electrons. The van der Waals surface area contributed by atoms with Gasteiger partial charge in [-0.1, -0.05) is 45.2 Å². The molecule has 0 aliphatic carbocycles. The summed E-state index contributed by atoms with van der Waals surface area (Å²) < 4.78 is 9.26. The lowest BCUT2D eigenvalue weighted by Gasteiger charge is -2.20. The molecule has 0 spiro atoms. The first kappa shape index (κ1) is 23.3. The van der Waals surface area contributed by atoms with Crippen molar-refractivity contribution in [2.24, 2.45) is 5.92 Å². The van der Waals surface area contributed by atoms with Gasteiger partial charge in [0.05, 0.1) is 11.7 Å². The van der Waals surface area contributed by atoms with Crippen LogP contribution in [-0.4, -0.2) is 42.0 Å². The van der Waals surface area contributed by atoms with Crippen molar-refractivity contribution in [3.05, 3.63) is 46.4 Å². The van der Waals surface area contributed by atoms with Gasteiger partial charge < -0.3 is 0 Å². The Morgan fingerprint density at radius 1 is 0.833 bits per heavy atom. The van der Waals surface area contributed by atoms with Crippen LogP contribution in [0.1, 0.15) is 60.5 Å². The van der Waals surface area contributed by atoms with E-state index in [1.54, 1.807) is 22.7 Å². The summed E-state index contributed by atoms with van der Waals surface area (Å²) in [5.74, 6) is -0.445. The Balaban J connectivity index is 1.58. The predicted octanol–water partition coefficient (Wildman–Crippen LogP) is 6.90. The standard InChI is InChI=1S/C26H23N5O2S3/c1-3-5-8-14(4-2)13-31-25(32)23-24(26(31)33)28-20-18(16-10-7-12-35-16)22-21(29-36-30-22)17(19(20)27-23)15-9-6-11-34-15/h6-7,9-12,14H,3-5,8,13H2,1-2H3. The van der Waals surface area contributed by atoms with E-state index in [-0.39, 0.29) is 29.1 Å². The minimum absolute atomic E-state index is 0.135. The van der Waals surface area contributed by atoms with Gasteiger partial charge in [0.25, 0.3) is 11.8 Å². The highest BCUT2D eigenvalue weighted by Gasteiger charge is 2.40. The van der Waals surface area contributed by atoms with Gasteiger partial charge in [-0.25, -0.2) is 9.97 Å². The van der Waals surface area contributed by atoms with E-state index >= 15 is 0 Å². The molecule has 7 nitrogen and oxygen atoms in total. The Hall–Kier alpha value is -3.08. The third-order valence-corrected chi connectivity index (χ3v) is 9.05. The summed E-state index contributed by atoms with van der Waals surface area (Å²) in [5.41, 5.74) is 4.55. The zero-order valence-corrected chi connectivity index (χ0v) is 22.3. The first-order valence-corrected chi connectivity index (χ1v) is 14.5. The number of hydrogen-bond donors (Lipinski definition) is 0. The number of carbonyl (C=O) groups is 2. The average molecular weight is 534 g/mol. The molecule has 0 saturated heterocycles. The molecule has 0 N–H and O–H groups in total. The van der Waals surface area contributed by atoms with Gasteiger partial charge >= 0.3 is 0 Å². The Morgan fingerprint density at radius 3 is 1.83 bits per heavy atom. The molecule has 1 atom stereocenters. The molecule has 10 heteroatoms. The fourth-order valence-corrected chi connectivity index (χ4v) is 6.92. The third kappa shape index (κ3) is 3.66. The lowest BCUT2D eigenvalue weighted by atomic mass is 9.99. The molecule has 5 heterocycles. The number of amides is 2. The van der Waals surface area contributed by atoms with Crippen molar-refractivity contribution in [2.75, 3.05) is 6.54 Å². The van der Waals surface area contributed by atoms with Gasteiger partial charge in [0.1, 0.15) is 22.1 Å². The van der Waals surface area contributed by atoms with Crippen LogP contribution in [0, 0.1) is 5.92 Å². The molecular formula is C26H23N5O2S3. The molecule has 0 fully saturated rings. The van der Waals surface area contributed by atoms with E-state index < -0.39 is 0 Å². The molecule has 182 valence electrons.